The van der Waals surface area contributed by atoms with Crippen molar-refractivity contribution in [3.63, 3.8) is 0 Å². The van der Waals surface area contributed by atoms with Crippen molar-refractivity contribution in [2.45, 2.75) is 78.2 Å². The van der Waals surface area contributed by atoms with Gasteiger partial charge in [0, 0.05) is 18.3 Å². The van der Waals surface area contributed by atoms with E-state index in [1.807, 2.05) is 13.8 Å². The zero-order valence-corrected chi connectivity index (χ0v) is 13.6. The molecule has 0 aromatic rings. The smallest absolute Gasteiger partial charge is 0.201 e. The highest BCUT2D eigenvalue weighted by molar-refractivity contribution is 4.87. The highest BCUT2D eigenvalue weighted by atomic mass is 17.1. The summed E-state index contributed by atoms with van der Waals surface area (Å²) in [7, 11) is 0. The zero-order valence-electron chi connectivity index (χ0n) is 13.6. The summed E-state index contributed by atoms with van der Waals surface area (Å²) in [6.45, 7) is 7.82. The molecular formula is C16H30O5. The van der Waals surface area contributed by atoms with Gasteiger partial charge in [-0.1, -0.05) is 33.6 Å². The van der Waals surface area contributed by atoms with E-state index < -0.39 is 18.4 Å². The molecule has 3 unspecified atom stereocenters. The number of aliphatic hydroxyl groups is 1. The van der Waals surface area contributed by atoms with Gasteiger partial charge in [0.05, 0.1) is 0 Å². The van der Waals surface area contributed by atoms with Gasteiger partial charge in [0.2, 0.25) is 5.79 Å². The van der Waals surface area contributed by atoms with Crippen LogP contribution in [-0.2, 0) is 14.4 Å². The van der Waals surface area contributed by atoms with Gasteiger partial charge in [-0.15, -0.1) is 0 Å². The topological polar surface area (TPSA) is 68.2 Å². The van der Waals surface area contributed by atoms with E-state index >= 15 is 0 Å². The third-order valence-corrected chi connectivity index (χ3v) is 5.16. The van der Waals surface area contributed by atoms with Gasteiger partial charge in [0.1, 0.15) is 0 Å². The first kappa shape index (κ1) is 17.2. The lowest BCUT2D eigenvalue weighted by atomic mass is 9.70. The Balaban J connectivity index is 2.18. The maximum absolute atomic E-state index is 10.1. The summed E-state index contributed by atoms with van der Waals surface area (Å²) in [5.41, 5.74) is 0. The summed E-state index contributed by atoms with van der Waals surface area (Å²) in [6.07, 6.45) is 3.58. The highest BCUT2D eigenvalue weighted by Crippen LogP contribution is 2.45. The molecule has 2 fully saturated rings. The van der Waals surface area contributed by atoms with Gasteiger partial charge in [-0.05, 0) is 31.6 Å². The van der Waals surface area contributed by atoms with Gasteiger partial charge in [-0.25, -0.2) is 10.1 Å². The van der Waals surface area contributed by atoms with Crippen molar-refractivity contribution in [1.82, 2.24) is 0 Å². The minimum atomic E-state index is -1.06. The van der Waals surface area contributed by atoms with Crippen molar-refractivity contribution in [2.75, 3.05) is 0 Å². The predicted molar refractivity (Wildman–Crippen MR) is 78.2 cm³/mol. The summed E-state index contributed by atoms with van der Waals surface area (Å²) < 4.78 is 11.7. The number of fused-ring (bicyclic) bond motifs is 1. The molecule has 0 amide bonds. The SMILES string of the molecule is CC(C)[C@@H](O)O[C@@H]1OC(C)(OO)CCC2C1CCC[C@H]2C. The van der Waals surface area contributed by atoms with Crippen LogP contribution in [0.4, 0.5) is 0 Å². The van der Waals surface area contributed by atoms with Crippen LogP contribution in [0.25, 0.3) is 0 Å². The Bertz CT molecular complexity index is 335. The van der Waals surface area contributed by atoms with Crippen LogP contribution in [0, 0.1) is 23.7 Å². The standard InChI is InChI=1S/C16H30O5/c1-10(2)14(17)19-15-13-7-5-6-11(3)12(13)8-9-16(4,20-15)21-18/h10-15,17-18H,5-9H2,1-4H3/t11-,12?,13?,14+,15-,16?/m1/s1. The number of hydrogen-bond acceptors (Lipinski definition) is 5. The van der Waals surface area contributed by atoms with Crippen LogP contribution < -0.4 is 0 Å². The van der Waals surface area contributed by atoms with E-state index in [-0.39, 0.29) is 11.8 Å². The van der Waals surface area contributed by atoms with E-state index in [1.165, 1.54) is 6.42 Å². The van der Waals surface area contributed by atoms with E-state index in [0.717, 1.165) is 19.3 Å². The minimum Gasteiger partial charge on any atom is -0.368 e. The lowest BCUT2D eigenvalue weighted by Crippen LogP contribution is -2.43. The van der Waals surface area contributed by atoms with E-state index in [2.05, 4.69) is 11.8 Å². The van der Waals surface area contributed by atoms with Crippen molar-refractivity contribution >= 4 is 0 Å². The number of ether oxygens (including phenoxy) is 2. The van der Waals surface area contributed by atoms with E-state index in [0.29, 0.717) is 18.3 Å². The Morgan fingerprint density at radius 3 is 2.52 bits per heavy atom. The first-order valence-electron chi connectivity index (χ1n) is 8.20. The van der Waals surface area contributed by atoms with Gasteiger partial charge in [-0.2, -0.15) is 0 Å². The third kappa shape index (κ3) is 3.96. The van der Waals surface area contributed by atoms with Crippen LogP contribution in [0.15, 0.2) is 0 Å². The van der Waals surface area contributed by atoms with Crippen LogP contribution in [0.1, 0.15) is 59.8 Å². The molecule has 2 N–H and O–H groups in total. The fraction of sp³-hybridized carbons (Fsp3) is 1.00. The maximum Gasteiger partial charge on any atom is 0.201 e. The molecule has 2 aliphatic rings. The van der Waals surface area contributed by atoms with Crippen LogP contribution in [0.2, 0.25) is 0 Å². The van der Waals surface area contributed by atoms with Gasteiger partial charge >= 0.3 is 0 Å². The fourth-order valence-corrected chi connectivity index (χ4v) is 3.67. The summed E-state index contributed by atoms with van der Waals surface area (Å²) >= 11 is 0. The molecule has 0 aromatic carbocycles. The van der Waals surface area contributed by atoms with E-state index in [4.69, 9.17) is 9.47 Å². The lowest BCUT2D eigenvalue weighted by Gasteiger charge is -2.39. The molecule has 0 spiro atoms. The van der Waals surface area contributed by atoms with Crippen LogP contribution in [-0.4, -0.2) is 28.7 Å². The molecule has 1 saturated carbocycles. The van der Waals surface area contributed by atoms with Crippen LogP contribution >= 0.6 is 0 Å². The summed E-state index contributed by atoms with van der Waals surface area (Å²) in [4.78, 5) is 4.59. The van der Waals surface area contributed by atoms with Gasteiger partial charge in [0.15, 0.2) is 12.6 Å². The number of hydrogen-bond donors (Lipinski definition) is 2. The first-order valence-corrected chi connectivity index (χ1v) is 8.20. The molecule has 124 valence electrons. The van der Waals surface area contributed by atoms with Gasteiger partial charge in [0.25, 0.3) is 0 Å². The number of rotatable bonds is 4. The quantitative estimate of drug-likeness (QED) is 0.473. The zero-order chi connectivity index (χ0) is 15.6. The minimum absolute atomic E-state index is 0.00221. The molecule has 6 atom stereocenters. The molecule has 0 bridgehead atoms. The summed E-state index contributed by atoms with van der Waals surface area (Å²) in [6, 6.07) is 0. The second-order valence-corrected chi connectivity index (χ2v) is 7.26. The third-order valence-electron chi connectivity index (χ3n) is 5.16. The average Bonchev–Trinajstić information content (AvgIpc) is 2.58. The monoisotopic (exact) mass is 302 g/mol. The second kappa shape index (κ2) is 6.92. The maximum atomic E-state index is 10.1. The van der Waals surface area contributed by atoms with Crippen LogP contribution in [0.3, 0.4) is 0 Å². The molecule has 21 heavy (non-hydrogen) atoms. The lowest BCUT2D eigenvalue weighted by molar-refractivity contribution is -0.434. The average molecular weight is 302 g/mol. The highest BCUT2D eigenvalue weighted by Gasteiger charge is 2.46. The Kier molecular flexibility index (Phi) is 5.65. The Labute approximate surface area is 127 Å². The summed E-state index contributed by atoms with van der Waals surface area (Å²) in [5, 5.41) is 19.3. The molecule has 1 aliphatic heterocycles. The molecule has 5 nitrogen and oxygen atoms in total. The Hall–Kier alpha value is -0.200. The van der Waals surface area contributed by atoms with Crippen molar-refractivity contribution < 1.29 is 24.7 Å². The molecule has 0 radical (unpaired) electrons. The fourth-order valence-electron chi connectivity index (χ4n) is 3.67. The molecule has 1 saturated heterocycles. The normalized spacial score (nSPS) is 42.4. The number of aliphatic hydroxyl groups excluding tert-OH is 1. The first-order chi connectivity index (χ1) is 9.86. The van der Waals surface area contributed by atoms with Crippen molar-refractivity contribution in [1.29, 1.82) is 0 Å². The van der Waals surface area contributed by atoms with Crippen molar-refractivity contribution in [3.05, 3.63) is 0 Å². The van der Waals surface area contributed by atoms with Crippen molar-refractivity contribution in [3.8, 4) is 0 Å². The van der Waals surface area contributed by atoms with Gasteiger partial charge in [-0.3, -0.25) is 0 Å². The molecule has 0 aromatic heterocycles. The Morgan fingerprint density at radius 2 is 1.90 bits per heavy atom. The van der Waals surface area contributed by atoms with Gasteiger partial charge < -0.3 is 14.6 Å². The molecule has 2 rings (SSSR count). The second-order valence-electron chi connectivity index (χ2n) is 7.26. The molecule has 1 heterocycles. The molecule has 1 aliphatic carbocycles. The van der Waals surface area contributed by atoms with E-state index in [9.17, 15) is 10.4 Å². The largest absolute Gasteiger partial charge is 0.368 e. The van der Waals surface area contributed by atoms with E-state index in [1.54, 1.807) is 6.92 Å². The predicted octanol–water partition coefficient (Wildman–Crippen LogP) is 3.37. The molecular weight excluding hydrogens is 272 g/mol. The van der Waals surface area contributed by atoms with Crippen LogP contribution in [0.5, 0.6) is 0 Å². The summed E-state index contributed by atoms with van der Waals surface area (Å²) in [5.74, 6) is 0.283. The van der Waals surface area contributed by atoms with Crippen molar-refractivity contribution in [2.24, 2.45) is 23.7 Å². The Morgan fingerprint density at radius 1 is 1.19 bits per heavy atom. The molecule has 5 heteroatoms.